The van der Waals surface area contributed by atoms with Crippen LogP contribution in [0, 0.1) is 5.92 Å². The summed E-state index contributed by atoms with van der Waals surface area (Å²) in [5.74, 6) is 2.36. The van der Waals surface area contributed by atoms with E-state index in [4.69, 9.17) is 19.4 Å². The van der Waals surface area contributed by atoms with Gasteiger partial charge in [0.05, 0.1) is 23.4 Å². The lowest BCUT2D eigenvalue weighted by molar-refractivity contribution is -0.140. The van der Waals surface area contributed by atoms with E-state index >= 15 is 0 Å². The van der Waals surface area contributed by atoms with Gasteiger partial charge in [-0.25, -0.2) is 9.97 Å². The van der Waals surface area contributed by atoms with E-state index in [0.717, 1.165) is 47.5 Å². The van der Waals surface area contributed by atoms with Crippen LogP contribution in [0.5, 0.6) is 0 Å². The predicted octanol–water partition coefficient (Wildman–Crippen LogP) is 4.18. The van der Waals surface area contributed by atoms with Crippen LogP contribution in [0.3, 0.4) is 0 Å². The van der Waals surface area contributed by atoms with Crippen LogP contribution in [0.15, 0.2) is 29.4 Å². The number of anilines is 1. The van der Waals surface area contributed by atoms with Gasteiger partial charge in [-0.2, -0.15) is 0 Å². The van der Waals surface area contributed by atoms with Gasteiger partial charge in [-0.1, -0.05) is 19.9 Å². The van der Waals surface area contributed by atoms with E-state index < -0.39 is 0 Å². The van der Waals surface area contributed by atoms with Crippen LogP contribution in [-0.2, 0) is 14.3 Å². The fraction of sp³-hybridized carbons (Fsp3) is 0.476. The van der Waals surface area contributed by atoms with Crippen molar-refractivity contribution in [3.8, 4) is 0 Å². The van der Waals surface area contributed by atoms with Crippen molar-refractivity contribution in [2.45, 2.75) is 33.1 Å². The van der Waals surface area contributed by atoms with Crippen molar-refractivity contribution >= 4 is 38.9 Å². The number of rotatable bonds is 5. The average Bonchev–Trinajstić information content (AvgIpc) is 3.18. The van der Waals surface area contributed by atoms with E-state index in [2.05, 4.69) is 23.3 Å². The third-order valence-corrected chi connectivity index (χ3v) is 5.91. The third kappa shape index (κ3) is 3.95. The van der Waals surface area contributed by atoms with Crippen LogP contribution in [-0.4, -0.2) is 42.2 Å². The third-order valence-electron chi connectivity index (χ3n) is 5.02. The summed E-state index contributed by atoms with van der Waals surface area (Å²) < 4.78 is 12.2. The SMILES string of the molecule is CCCC(=O)OC1=CC(c2nc(N3CCOCC3)c3sccc3n2)=CCC1C. The summed E-state index contributed by atoms with van der Waals surface area (Å²) in [4.78, 5) is 23.9. The number of morpholine rings is 1. The molecule has 4 rings (SSSR count). The Morgan fingerprint density at radius 1 is 1.36 bits per heavy atom. The molecule has 0 spiro atoms. The molecule has 0 aromatic carbocycles. The number of esters is 1. The molecule has 0 N–H and O–H groups in total. The maximum absolute atomic E-state index is 12.0. The lowest BCUT2D eigenvalue weighted by Gasteiger charge is -2.28. The van der Waals surface area contributed by atoms with E-state index in [-0.39, 0.29) is 11.9 Å². The number of thiophene rings is 1. The fourth-order valence-electron chi connectivity index (χ4n) is 3.41. The minimum Gasteiger partial charge on any atom is -0.431 e. The summed E-state index contributed by atoms with van der Waals surface area (Å²) in [6.45, 7) is 7.13. The van der Waals surface area contributed by atoms with E-state index in [1.165, 1.54) is 0 Å². The van der Waals surface area contributed by atoms with Crippen molar-refractivity contribution < 1.29 is 14.3 Å². The van der Waals surface area contributed by atoms with Crippen molar-refractivity contribution in [1.29, 1.82) is 0 Å². The van der Waals surface area contributed by atoms with E-state index in [1.54, 1.807) is 11.3 Å². The molecule has 0 bridgehead atoms. The Morgan fingerprint density at radius 3 is 2.96 bits per heavy atom. The summed E-state index contributed by atoms with van der Waals surface area (Å²) >= 11 is 1.67. The molecule has 3 heterocycles. The predicted molar refractivity (Wildman–Crippen MR) is 111 cm³/mol. The summed E-state index contributed by atoms with van der Waals surface area (Å²) in [5.41, 5.74) is 1.87. The molecule has 1 unspecified atom stereocenters. The van der Waals surface area contributed by atoms with Crippen molar-refractivity contribution in [3.63, 3.8) is 0 Å². The Morgan fingerprint density at radius 2 is 2.18 bits per heavy atom. The second-order valence-corrected chi connectivity index (χ2v) is 8.09. The molecular formula is C21H25N3O3S. The number of hydrogen-bond donors (Lipinski definition) is 0. The molecule has 2 aromatic rings. The Kier molecular flexibility index (Phi) is 5.73. The van der Waals surface area contributed by atoms with Gasteiger partial charge >= 0.3 is 5.97 Å². The van der Waals surface area contributed by atoms with Gasteiger partial charge in [0.2, 0.25) is 0 Å². The van der Waals surface area contributed by atoms with Crippen LogP contribution in [0.25, 0.3) is 15.8 Å². The molecule has 1 saturated heterocycles. The standard InChI is InChI=1S/C21H25N3O3S/c1-3-4-18(25)27-17-13-15(6-5-14(17)2)20-22-16-7-12-28-19(16)21(23-20)24-8-10-26-11-9-24/h6-7,12-14H,3-5,8-11H2,1-2H3. The number of carbonyl (C=O) groups is 1. The molecule has 28 heavy (non-hydrogen) atoms. The van der Waals surface area contributed by atoms with Crippen molar-refractivity contribution in [2.75, 3.05) is 31.2 Å². The van der Waals surface area contributed by atoms with Gasteiger partial charge < -0.3 is 14.4 Å². The number of allylic oxidation sites excluding steroid dienone is 4. The molecule has 2 aliphatic rings. The first-order chi connectivity index (χ1) is 13.7. The van der Waals surface area contributed by atoms with Gasteiger partial charge in [0, 0.05) is 31.0 Å². The molecule has 0 saturated carbocycles. The Balaban J connectivity index is 1.68. The summed E-state index contributed by atoms with van der Waals surface area (Å²) in [5, 5.41) is 2.05. The zero-order valence-corrected chi connectivity index (χ0v) is 17.1. The molecular weight excluding hydrogens is 374 g/mol. The Bertz CT molecular complexity index is 928. The van der Waals surface area contributed by atoms with Crippen molar-refractivity contribution in [1.82, 2.24) is 9.97 Å². The van der Waals surface area contributed by atoms with Gasteiger partial charge in [0.25, 0.3) is 0 Å². The fourth-order valence-corrected chi connectivity index (χ4v) is 4.26. The van der Waals surface area contributed by atoms with Gasteiger partial charge in [-0.15, -0.1) is 11.3 Å². The van der Waals surface area contributed by atoms with Gasteiger partial charge in [0.15, 0.2) is 11.6 Å². The number of carbonyl (C=O) groups excluding carboxylic acids is 1. The van der Waals surface area contributed by atoms with Gasteiger partial charge in [-0.3, -0.25) is 4.79 Å². The second-order valence-electron chi connectivity index (χ2n) is 7.17. The van der Waals surface area contributed by atoms with Crippen LogP contribution in [0.2, 0.25) is 0 Å². The van der Waals surface area contributed by atoms with Crippen molar-refractivity contribution in [3.05, 3.63) is 35.2 Å². The lowest BCUT2D eigenvalue weighted by atomic mass is 9.95. The maximum Gasteiger partial charge on any atom is 0.310 e. The number of hydrogen-bond acceptors (Lipinski definition) is 7. The number of aromatic nitrogens is 2. The second kappa shape index (κ2) is 8.41. The Hall–Kier alpha value is -2.25. The minimum atomic E-state index is -0.176. The summed E-state index contributed by atoms with van der Waals surface area (Å²) in [6.07, 6.45) is 6.08. The molecule has 0 radical (unpaired) electrons. The first-order valence-corrected chi connectivity index (χ1v) is 10.7. The van der Waals surface area contributed by atoms with Crippen LogP contribution >= 0.6 is 11.3 Å². The van der Waals surface area contributed by atoms with E-state index in [9.17, 15) is 4.79 Å². The quantitative estimate of drug-likeness (QED) is 0.703. The highest BCUT2D eigenvalue weighted by Gasteiger charge is 2.23. The number of fused-ring (bicyclic) bond motifs is 1. The smallest absolute Gasteiger partial charge is 0.310 e. The molecule has 1 atom stereocenters. The molecule has 6 nitrogen and oxygen atoms in total. The molecule has 1 aliphatic heterocycles. The number of ether oxygens (including phenoxy) is 2. The van der Waals surface area contributed by atoms with Crippen LogP contribution in [0.1, 0.15) is 38.9 Å². The van der Waals surface area contributed by atoms with Gasteiger partial charge in [0.1, 0.15) is 5.76 Å². The Labute approximate surface area is 168 Å². The highest BCUT2D eigenvalue weighted by Crippen LogP contribution is 2.34. The largest absolute Gasteiger partial charge is 0.431 e. The summed E-state index contributed by atoms with van der Waals surface area (Å²) in [7, 11) is 0. The first kappa shape index (κ1) is 19.1. The zero-order chi connectivity index (χ0) is 19.5. The van der Waals surface area contributed by atoms with E-state index in [1.807, 2.05) is 19.1 Å². The average molecular weight is 400 g/mol. The molecule has 1 aliphatic carbocycles. The minimum absolute atomic E-state index is 0.174. The summed E-state index contributed by atoms with van der Waals surface area (Å²) in [6, 6.07) is 2.03. The van der Waals surface area contributed by atoms with Crippen LogP contribution in [0.4, 0.5) is 5.82 Å². The normalized spacial score (nSPS) is 20.1. The zero-order valence-electron chi connectivity index (χ0n) is 16.3. The molecule has 148 valence electrons. The first-order valence-electron chi connectivity index (χ1n) is 9.86. The van der Waals surface area contributed by atoms with E-state index in [0.29, 0.717) is 31.2 Å². The molecule has 1 fully saturated rings. The number of nitrogens with zero attached hydrogens (tertiary/aromatic N) is 3. The highest BCUT2D eigenvalue weighted by molar-refractivity contribution is 7.17. The van der Waals surface area contributed by atoms with Crippen LogP contribution < -0.4 is 4.90 Å². The van der Waals surface area contributed by atoms with Gasteiger partial charge in [-0.05, 0) is 30.4 Å². The highest BCUT2D eigenvalue weighted by atomic mass is 32.1. The topological polar surface area (TPSA) is 64.5 Å². The molecule has 0 amide bonds. The molecule has 2 aromatic heterocycles. The molecule has 7 heteroatoms. The maximum atomic E-state index is 12.0. The monoisotopic (exact) mass is 399 g/mol. The lowest BCUT2D eigenvalue weighted by Crippen LogP contribution is -2.37. The van der Waals surface area contributed by atoms with Crippen molar-refractivity contribution in [2.24, 2.45) is 5.92 Å².